The molecule has 7 heteroatoms. The molecule has 18 heavy (non-hydrogen) atoms. The second-order valence-corrected chi connectivity index (χ2v) is 7.38. The highest BCUT2D eigenvalue weighted by Gasteiger charge is 2.23. The maximum Gasteiger partial charge on any atom is 0.240 e. The standard InChI is InChI=1S/C11H14N2O2S3/c12-11(16)8-2-1-3-10(6-8)18(14,15)13-9-4-5-17-7-9/h1-3,6,9,13H,4-5,7H2,(H2,12,16). The van der Waals surface area contributed by atoms with E-state index in [0.29, 0.717) is 5.56 Å². The monoisotopic (exact) mass is 302 g/mol. The Hall–Kier alpha value is -0.630. The predicted octanol–water partition coefficient (Wildman–Crippen LogP) is 1.10. The molecule has 4 nitrogen and oxygen atoms in total. The minimum atomic E-state index is -3.48. The Morgan fingerprint density at radius 1 is 1.50 bits per heavy atom. The van der Waals surface area contributed by atoms with Crippen molar-refractivity contribution in [1.29, 1.82) is 0 Å². The summed E-state index contributed by atoms with van der Waals surface area (Å²) in [6, 6.07) is 6.42. The van der Waals surface area contributed by atoms with Gasteiger partial charge in [-0.25, -0.2) is 13.1 Å². The van der Waals surface area contributed by atoms with Gasteiger partial charge in [-0.15, -0.1) is 0 Å². The SMILES string of the molecule is NC(=S)c1cccc(S(=O)(=O)NC2CCSC2)c1. The van der Waals surface area contributed by atoms with Crippen molar-refractivity contribution >= 4 is 39.0 Å². The molecule has 0 radical (unpaired) electrons. The third kappa shape index (κ3) is 3.23. The molecule has 1 aliphatic heterocycles. The van der Waals surface area contributed by atoms with Crippen LogP contribution in [0, 0.1) is 0 Å². The number of rotatable bonds is 4. The van der Waals surface area contributed by atoms with Gasteiger partial charge in [0.1, 0.15) is 4.99 Å². The number of sulfonamides is 1. The fourth-order valence-electron chi connectivity index (χ4n) is 1.73. The first-order valence-corrected chi connectivity index (χ1v) is 8.53. The van der Waals surface area contributed by atoms with E-state index in [1.165, 1.54) is 6.07 Å². The normalized spacial score (nSPS) is 19.9. The zero-order chi connectivity index (χ0) is 13.2. The lowest BCUT2D eigenvalue weighted by atomic mass is 10.2. The van der Waals surface area contributed by atoms with Gasteiger partial charge in [0.2, 0.25) is 10.0 Å². The van der Waals surface area contributed by atoms with Crippen molar-refractivity contribution in [2.45, 2.75) is 17.4 Å². The average Bonchev–Trinajstić information content (AvgIpc) is 2.81. The van der Waals surface area contributed by atoms with Gasteiger partial charge < -0.3 is 5.73 Å². The number of thiocarbonyl (C=S) groups is 1. The van der Waals surface area contributed by atoms with Gasteiger partial charge in [-0.05, 0) is 24.3 Å². The maximum atomic E-state index is 12.2. The van der Waals surface area contributed by atoms with E-state index in [1.807, 2.05) is 0 Å². The Labute approximate surface area is 116 Å². The van der Waals surface area contributed by atoms with Crippen LogP contribution >= 0.6 is 24.0 Å². The molecule has 0 aliphatic carbocycles. The lowest BCUT2D eigenvalue weighted by Crippen LogP contribution is -2.34. The van der Waals surface area contributed by atoms with Crippen molar-refractivity contribution in [2.75, 3.05) is 11.5 Å². The first kappa shape index (κ1) is 13.8. The average molecular weight is 302 g/mol. The van der Waals surface area contributed by atoms with Crippen molar-refractivity contribution in [3.05, 3.63) is 29.8 Å². The molecule has 2 rings (SSSR count). The molecular formula is C11H14N2O2S3. The summed E-state index contributed by atoms with van der Waals surface area (Å²) in [5, 5.41) is 0. The van der Waals surface area contributed by atoms with E-state index in [1.54, 1.807) is 30.0 Å². The van der Waals surface area contributed by atoms with Gasteiger partial charge >= 0.3 is 0 Å². The minimum absolute atomic E-state index is 0.0217. The third-order valence-electron chi connectivity index (χ3n) is 2.68. The molecule has 1 aromatic carbocycles. The molecule has 1 fully saturated rings. The molecule has 0 saturated carbocycles. The zero-order valence-electron chi connectivity index (χ0n) is 9.63. The molecular weight excluding hydrogens is 288 g/mol. The largest absolute Gasteiger partial charge is 0.389 e. The second kappa shape index (κ2) is 5.56. The summed E-state index contributed by atoms with van der Waals surface area (Å²) in [7, 11) is -3.48. The van der Waals surface area contributed by atoms with Gasteiger partial charge in [-0.3, -0.25) is 0 Å². The Morgan fingerprint density at radius 2 is 2.28 bits per heavy atom. The van der Waals surface area contributed by atoms with Crippen molar-refractivity contribution in [3.63, 3.8) is 0 Å². The summed E-state index contributed by atoms with van der Waals surface area (Å²) in [6.45, 7) is 0. The number of thioether (sulfide) groups is 1. The summed E-state index contributed by atoms with van der Waals surface area (Å²) in [5.74, 6) is 1.83. The maximum absolute atomic E-state index is 12.2. The number of hydrogen-bond acceptors (Lipinski definition) is 4. The van der Waals surface area contributed by atoms with Gasteiger partial charge in [0, 0.05) is 17.4 Å². The number of nitrogens with one attached hydrogen (secondary N) is 1. The molecule has 1 atom stereocenters. The van der Waals surface area contributed by atoms with Crippen LogP contribution in [0.15, 0.2) is 29.2 Å². The highest BCUT2D eigenvalue weighted by Crippen LogP contribution is 2.20. The number of hydrogen-bond donors (Lipinski definition) is 2. The van der Waals surface area contributed by atoms with Crippen LogP contribution in [0.4, 0.5) is 0 Å². The zero-order valence-corrected chi connectivity index (χ0v) is 12.1. The van der Waals surface area contributed by atoms with Crippen LogP contribution < -0.4 is 10.5 Å². The Kier molecular flexibility index (Phi) is 4.26. The van der Waals surface area contributed by atoms with Gasteiger partial charge in [0.05, 0.1) is 4.90 Å². The number of benzene rings is 1. The quantitative estimate of drug-likeness (QED) is 0.815. The smallest absolute Gasteiger partial charge is 0.240 e. The first-order valence-electron chi connectivity index (χ1n) is 5.49. The van der Waals surface area contributed by atoms with Crippen molar-refractivity contribution in [3.8, 4) is 0 Å². The molecule has 1 heterocycles. The topological polar surface area (TPSA) is 72.2 Å². The van der Waals surface area contributed by atoms with E-state index in [-0.39, 0.29) is 15.9 Å². The lowest BCUT2D eigenvalue weighted by molar-refractivity contribution is 0.563. The van der Waals surface area contributed by atoms with Crippen LogP contribution in [0.1, 0.15) is 12.0 Å². The van der Waals surface area contributed by atoms with E-state index < -0.39 is 10.0 Å². The van der Waals surface area contributed by atoms with E-state index in [2.05, 4.69) is 4.72 Å². The van der Waals surface area contributed by atoms with Crippen molar-refractivity contribution in [1.82, 2.24) is 4.72 Å². The molecule has 1 saturated heterocycles. The molecule has 0 aromatic heterocycles. The fraction of sp³-hybridized carbons (Fsp3) is 0.364. The molecule has 0 amide bonds. The molecule has 0 spiro atoms. The first-order chi connectivity index (χ1) is 8.49. The highest BCUT2D eigenvalue weighted by atomic mass is 32.2. The van der Waals surface area contributed by atoms with E-state index in [9.17, 15) is 8.42 Å². The predicted molar refractivity (Wildman–Crippen MR) is 78.4 cm³/mol. The Bertz CT molecular complexity index is 551. The van der Waals surface area contributed by atoms with Gasteiger partial charge in [-0.1, -0.05) is 24.4 Å². The molecule has 3 N–H and O–H groups in total. The summed E-state index contributed by atoms with van der Waals surface area (Å²) in [4.78, 5) is 0.410. The Morgan fingerprint density at radius 3 is 2.89 bits per heavy atom. The molecule has 1 aliphatic rings. The summed E-state index contributed by atoms with van der Waals surface area (Å²) in [6.07, 6.45) is 0.874. The van der Waals surface area contributed by atoms with Crippen molar-refractivity contribution in [2.24, 2.45) is 5.73 Å². The van der Waals surface area contributed by atoms with E-state index in [0.717, 1.165) is 17.9 Å². The lowest BCUT2D eigenvalue weighted by Gasteiger charge is -2.12. The number of nitrogens with two attached hydrogens (primary N) is 1. The highest BCUT2D eigenvalue weighted by molar-refractivity contribution is 7.99. The fourth-order valence-corrected chi connectivity index (χ4v) is 4.43. The van der Waals surface area contributed by atoms with Gasteiger partial charge in [-0.2, -0.15) is 11.8 Å². The van der Waals surface area contributed by atoms with E-state index in [4.69, 9.17) is 18.0 Å². The third-order valence-corrected chi connectivity index (χ3v) is 5.60. The molecule has 98 valence electrons. The van der Waals surface area contributed by atoms with E-state index >= 15 is 0 Å². The van der Waals surface area contributed by atoms with Gasteiger partial charge in [0.15, 0.2) is 0 Å². The van der Waals surface area contributed by atoms with Crippen LogP contribution in [0.5, 0.6) is 0 Å². The Balaban J connectivity index is 2.23. The summed E-state index contributed by atoms with van der Waals surface area (Å²) >= 11 is 6.61. The summed E-state index contributed by atoms with van der Waals surface area (Å²) in [5.41, 5.74) is 6.07. The van der Waals surface area contributed by atoms with Crippen molar-refractivity contribution < 1.29 is 8.42 Å². The summed E-state index contributed by atoms with van der Waals surface area (Å²) < 4.78 is 27.0. The van der Waals surface area contributed by atoms with Crippen LogP contribution in [0.3, 0.4) is 0 Å². The second-order valence-electron chi connectivity index (χ2n) is 4.07. The van der Waals surface area contributed by atoms with Crippen LogP contribution in [0.2, 0.25) is 0 Å². The van der Waals surface area contributed by atoms with Crippen LogP contribution in [0.25, 0.3) is 0 Å². The van der Waals surface area contributed by atoms with Gasteiger partial charge in [0.25, 0.3) is 0 Å². The van der Waals surface area contributed by atoms with Crippen LogP contribution in [-0.2, 0) is 10.0 Å². The molecule has 1 unspecified atom stereocenters. The van der Waals surface area contributed by atoms with Crippen LogP contribution in [-0.4, -0.2) is 31.0 Å². The minimum Gasteiger partial charge on any atom is -0.389 e. The molecule has 0 bridgehead atoms. The molecule has 1 aromatic rings.